The third-order valence-electron chi connectivity index (χ3n) is 18.9. The molecule has 0 spiro atoms. The van der Waals surface area contributed by atoms with E-state index in [4.69, 9.17) is 9.97 Å². The van der Waals surface area contributed by atoms with Gasteiger partial charge in [-0.15, -0.1) is 31.9 Å². The van der Waals surface area contributed by atoms with Crippen molar-refractivity contribution in [1.29, 1.82) is 0 Å². The van der Waals surface area contributed by atoms with Crippen LogP contribution in [0.3, 0.4) is 0 Å². The standard InChI is InChI=1S/2C30H43N2O.C24H14N2.2Cu/c2*1-19(2)23-13-11-14-24(20(3)4)27(23)31-17-30(9,10)29(33)32(18-31)28-25(21(5)6)15-12-16-26(28)22(7)8;1-3-7-21-17(5-1)19-13-15(9-11-23(19)25-21)16-10-12-24-20(14-16)18-6-2-4-8-22(18)26-24;;/h2*11-16,18-22H,17H2,1-10H3;1-14H;;/q2*+1;-2;;. The largest absolute Gasteiger partial charge is 0.657 e. The minimum Gasteiger partial charge on any atom is -0.657 e. The summed E-state index contributed by atoms with van der Waals surface area (Å²) in [6.07, 6.45) is 0. The van der Waals surface area contributed by atoms with Gasteiger partial charge in [-0.25, -0.2) is 0 Å². The molecule has 2 saturated heterocycles. The predicted octanol–water partition coefficient (Wildman–Crippen LogP) is 22.2. The first-order valence-electron chi connectivity index (χ1n) is 33.9. The van der Waals surface area contributed by atoms with Crippen molar-refractivity contribution in [2.75, 3.05) is 32.7 Å². The van der Waals surface area contributed by atoms with Crippen molar-refractivity contribution in [2.24, 2.45) is 10.8 Å². The molecular weight excluding hydrogens is 1250 g/mol. The van der Waals surface area contributed by atoms with Crippen LogP contribution in [0.1, 0.15) is 230 Å². The van der Waals surface area contributed by atoms with E-state index in [1.807, 2.05) is 21.9 Å². The quantitative estimate of drug-likeness (QED) is 0.0846. The maximum absolute atomic E-state index is 13.9. The number of carbonyl (C=O) groups is 2. The number of fused-ring (bicyclic) bond motifs is 6. The van der Waals surface area contributed by atoms with Crippen LogP contribution >= 0.6 is 0 Å². The molecule has 2 aliphatic rings. The minimum absolute atomic E-state index is 0. The summed E-state index contributed by atoms with van der Waals surface area (Å²) in [4.78, 5) is 45.8. The second-order valence-electron chi connectivity index (χ2n) is 29.7. The monoisotopic (exact) mass is 1350 g/mol. The van der Waals surface area contributed by atoms with E-state index in [0.717, 1.165) is 33.4 Å². The van der Waals surface area contributed by atoms with E-state index in [0.29, 0.717) is 60.4 Å². The van der Waals surface area contributed by atoms with Crippen LogP contribution in [0.25, 0.3) is 54.7 Å². The van der Waals surface area contributed by atoms with Gasteiger partial charge in [0.15, 0.2) is 0 Å². The number of anilines is 4. The first-order chi connectivity index (χ1) is 43.6. The van der Waals surface area contributed by atoms with E-state index in [-0.39, 0.29) is 46.0 Å². The number of nitrogens with zero attached hydrogens (tertiary/aromatic N) is 6. The molecule has 0 N–H and O–H groups in total. The molecule has 12 rings (SSSR count). The van der Waals surface area contributed by atoms with Gasteiger partial charge in [0.05, 0.1) is 46.7 Å². The van der Waals surface area contributed by atoms with Crippen LogP contribution in [-0.4, -0.2) is 24.9 Å². The predicted molar refractivity (Wildman–Crippen MR) is 393 cm³/mol. The van der Waals surface area contributed by atoms with E-state index >= 15 is 0 Å². The molecule has 2 radical (unpaired) electrons. The Morgan fingerprint density at radius 1 is 0.319 bits per heavy atom. The Balaban J connectivity index is 0.000000180. The fraction of sp³-hybridized carbons (Fsp3) is 0.381. The van der Waals surface area contributed by atoms with Gasteiger partial charge in [0, 0.05) is 34.1 Å². The Hall–Kier alpha value is -7.32. The van der Waals surface area contributed by atoms with Crippen molar-refractivity contribution >= 4 is 78.2 Å². The summed E-state index contributed by atoms with van der Waals surface area (Å²) in [7, 11) is 0. The molecule has 2 fully saturated rings. The van der Waals surface area contributed by atoms with Crippen LogP contribution in [0.5, 0.6) is 0 Å². The van der Waals surface area contributed by atoms with E-state index in [2.05, 4.69) is 307 Å². The van der Waals surface area contributed by atoms with Gasteiger partial charge in [0.25, 0.3) is 11.8 Å². The van der Waals surface area contributed by atoms with Crippen molar-refractivity contribution in [1.82, 2.24) is 9.97 Å². The van der Waals surface area contributed by atoms with Crippen LogP contribution in [0.15, 0.2) is 158 Å². The smallest absolute Gasteiger partial charge is 0.302 e. The molecule has 8 aromatic carbocycles. The number of para-hydroxylation sites is 6. The fourth-order valence-electron chi connectivity index (χ4n) is 13.9. The maximum atomic E-state index is 13.9. The third kappa shape index (κ3) is 14.4. The molecule has 8 nitrogen and oxygen atoms in total. The van der Waals surface area contributed by atoms with Gasteiger partial charge in [0.1, 0.15) is 0 Å². The first kappa shape index (κ1) is 72.5. The third-order valence-corrected chi connectivity index (χ3v) is 18.9. The van der Waals surface area contributed by atoms with Gasteiger partial charge >= 0.3 is 13.3 Å². The molecule has 94 heavy (non-hydrogen) atoms. The first-order valence-corrected chi connectivity index (χ1v) is 33.9. The van der Waals surface area contributed by atoms with Crippen LogP contribution < -0.4 is 29.6 Å². The Morgan fingerprint density at radius 3 is 0.830 bits per heavy atom. The average Bonchev–Trinajstić information content (AvgIpc) is 1.06. The van der Waals surface area contributed by atoms with Crippen molar-refractivity contribution < 1.29 is 43.7 Å². The maximum Gasteiger partial charge on any atom is 0.302 e. The summed E-state index contributed by atoms with van der Waals surface area (Å²) in [5.41, 5.74) is 20.5. The topological polar surface area (TPSA) is 75.3 Å². The van der Waals surface area contributed by atoms with Gasteiger partial charge in [0.2, 0.25) is 0 Å². The number of aromatic nitrogens is 2. The molecule has 2 aliphatic heterocycles. The molecule has 2 amide bonds. The molecule has 500 valence electrons. The number of hydrogen-bond donors (Lipinski definition) is 0. The van der Waals surface area contributed by atoms with E-state index in [9.17, 15) is 9.59 Å². The molecule has 0 saturated carbocycles. The molecule has 10 aromatic rings. The number of hydrogen-bond acceptors (Lipinski definition) is 4. The van der Waals surface area contributed by atoms with Gasteiger partial charge in [-0.3, -0.25) is 9.59 Å². The van der Waals surface area contributed by atoms with Crippen LogP contribution in [0.4, 0.5) is 22.7 Å². The molecular formula is C84H100Cu2N6O2. The summed E-state index contributed by atoms with van der Waals surface area (Å²) < 4.78 is 0. The second-order valence-corrected chi connectivity index (χ2v) is 29.7. The van der Waals surface area contributed by atoms with Crippen molar-refractivity contribution in [3.8, 4) is 11.1 Å². The zero-order valence-electron chi connectivity index (χ0n) is 59.3. The number of rotatable bonds is 13. The summed E-state index contributed by atoms with van der Waals surface area (Å²) in [6, 6.07) is 56.1. The van der Waals surface area contributed by atoms with Gasteiger partial charge in [-0.2, -0.15) is 9.80 Å². The minimum atomic E-state index is -0.509. The SMILES string of the molecule is CC(C)c1cccc(C(C)C)c1N1[CH+]N(c2c(C(C)C)cccc2C(C)C)C(=O)C(C)(C)C1.CC(C)c1cccc(C(C)C)c1N1[CH+]N(c2c(C(C)C)cccc2C(C)C)C(=O)C(C)(C)C1.[Cu].[Cu].c1ccc2c(c1)[n-]c1ccc(-c3ccc4[n-]c5ccccc5c4c3)cc12. The van der Waals surface area contributed by atoms with Crippen LogP contribution in [0, 0.1) is 24.2 Å². The van der Waals surface area contributed by atoms with Crippen LogP contribution in [0.2, 0.25) is 0 Å². The van der Waals surface area contributed by atoms with E-state index in [1.165, 1.54) is 88.6 Å². The molecule has 0 atom stereocenters. The Kier molecular flexibility index (Phi) is 22.6. The zero-order valence-corrected chi connectivity index (χ0v) is 61.2. The van der Waals surface area contributed by atoms with Crippen molar-refractivity contribution in [3.05, 3.63) is 216 Å². The van der Waals surface area contributed by atoms with Gasteiger partial charge in [-0.05, 0) is 164 Å². The second kappa shape index (κ2) is 29.4. The Bertz CT molecular complexity index is 3930. The molecule has 0 unspecified atom stereocenters. The number of benzene rings is 8. The van der Waals surface area contributed by atoms with Gasteiger partial charge < -0.3 is 9.97 Å². The average molecular weight is 1350 g/mol. The molecule has 0 bridgehead atoms. The summed E-state index contributed by atoms with van der Waals surface area (Å²) in [6.45, 7) is 49.6. The summed E-state index contributed by atoms with van der Waals surface area (Å²) in [5.74, 6) is 3.24. The molecule has 0 aliphatic carbocycles. The van der Waals surface area contributed by atoms with Crippen molar-refractivity contribution in [2.45, 2.75) is 186 Å². The number of carbonyl (C=O) groups excluding carboxylic acids is 2. The normalized spacial score (nSPS) is 14.8. The van der Waals surface area contributed by atoms with E-state index in [1.54, 1.807) is 0 Å². The fourth-order valence-corrected chi connectivity index (χ4v) is 13.9. The molecule has 10 heteroatoms. The van der Waals surface area contributed by atoms with Crippen molar-refractivity contribution in [3.63, 3.8) is 0 Å². The molecule has 4 heterocycles. The number of amides is 2. The summed E-state index contributed by atoms with van der Waals surface area (Å²) in [5, 5.41) is 4.85. The Labute approximate surface area is 584 Å². The summed E-state index contributed by atoms with van der Waals surface area (Å²) >= 11 is 0. The van der Waals surface area contributed by atoms with E-state index < -0.39 is 10.8 Å². The Morgan fingerprint density at radius 2 is 0.564 bits per heavy atom. The van der Waals surface area contributed by atoms with Gasteiger partial charge in [-0.1, -0.05) is 256 Å². The van der Waals surface area contributed by atoms with Crippen LogP contribution in [-0.2, 0) is 43.7 Å². The zero-order chi connectivity index (χ0) is 66.4. The molecule has 2 aromatic heterocycles.